The smallest absolute Gasteiger partial charge is 0.251 e. The van der Waals surface area contributed by atoms with Crippen LogP contribution in [0.25, 0.3) is 0 Å². The number of nitrogens with one attached hydrogen (secondary N) is 1. The Kier molecular flexibility index (Phi) is 7.01. The first-order valence-electron chi connectivity index (χ1n) is 9.80. The summed E-state index contributed by atoms with van der Waals surface area (Å²) >= 11 is 0. The minimum Gasteiger partial charge on any atom is -0.379 e. The number of hydrogen-bond donors (Lipinski definition) is 1. The Labute approximate surface area is 161 Å². The van der Waals surface area contributed by atoms with E-state index in [-0.39, 0.29) is 5.91 Å². The van der Waals surface area contributed by atoms with Crippen molar-refractivity contribution < 1.29 is 9.53 Å². The SMILES string of the molecule is Cc1cc(C)n(Cc2cccc(C(=O)NCCCCN3CCOCC3)c2)n1. The van der Waals surface area contributed by atoms with Crippen molar-refractivity contribution in [1.29, 1.82) is 0 Å². The Morgan fingerprint density at radius 3 is 2.74 bits per heavy atom. The van der Waals surface area contributed by atoms with E-state index < -0.39 is 0 Å². The highest BCUT2D eigenvalue weighted by molar-refractivity contribution is 5.94. The molecular weight excluding hydrogens is 340 g/mol. The minimum atomic E-state index is -0.00316. The molecule has 146 valence electrons. The fourth-order valence-electron chi connectivity index (χ4n) is 3.41. The van der Waals surface area contributed by atoms with Crippen LogP contribution in [0.1, 0.15) is 40.2 Å². The van der Waals surface area contributed by atoms with Crippen molar-refractivity contribution in [3.63, 3.8) is 0 Å². The number of benzene rings is 1. The standard InChI is InChI=1S/C21H30N4O2/c1-17-14-18(2)25(23-17)16-19-6-5-7-20(15-19)21(26)22-8-3-4-9-24-10-12-27-13-11-24/h5-7,14-15H,3-4,8-13,16H2,1-2H3,(H,22,26). The summed E-state index contributed by atoms with van der Waals surface area (Å²) in [6.07, 6.45) is 2.09. The Hall–Kier alpha value is -2.18. The van der Waals surface area contributed by atoms with Gasteiger partial charge >= 0.3 is 0 Å². The van der Waals surface area contributed by atoms with Crippen LogP contribution in [0.15, 0.2) is 30.3 Å². The summed E-state index contributed by atoms with van der Waals surface area (Å²) in [5.74, 6) is -0.00316. The highest BCUT2D eigenvalue weighted by Crippen LogP contribution is 2.10. The van der Waals surface area contributed by atoms with Crippen LogP contribution in [-0.2, 0) is 11.3 Å². The molecule has 6 nitrogen and oxygen atoms in total. The molecule has 1 aromatic heterocycles. The molecule has 2 aromatic rings. The lowest BCUT2D eigenvalue weighted by atomic mass is 10.1. The third kappa shape index (κ3) is 5.91. The molecule has 0 radical (unpaired) electrons. The van der Waals surface area contributed by atoms with Crippen molar-refractivity contribution in [1.82, 2.24) is 20.0 Å². The van der Waals surface area contributed by atoms with Crippen LogP contribution in [0.2, 0.25) is 0 Å². The van der Waals surface area contributed by atoms with Gasteiger partial charge in [0.15, 0.2) is 0 Å². The molecule has 27 heavy (non-hydrogen) atoms. The van der Waals surface area contributed by atoms with E-state index in [1.165, 1.54) is 0 Å². The lowest BCUT2D eigenvalue weighted by molar-refractivity contribution is 0.0372. The molecule has 0 bridgehead atoms. The van der Waals surface area contributed by atoms with Crippen LogP contribution >= 0.6 is 0 Å². The van der Waals surface area contributed by atoms with E-state index in [4.69, 9.17) is 4.74 Å². The molecule has 1 amide bonds. The number of carbonyl (C=O) groups is 1. The molecule has 3 rings (SSSR count). The molecule has 0 unspecified atom stereocenters. The van der Waals surface area contributed by atoms with Gasteiger partial charge in [0.2, 0.25) is 0 Å². The first-order valence-corrected chi connectivity index (χ1v) is 9.80. The molecule has 0 aliphatic carbocycles. The summed E-state index contributed by atoms with van der Waals surface area (Å²) in [5, 5.41) is 7.53. The number of amides is 1. The molecule has 6 heteroatoms. The Bertz CT molecular complexity index is 750. The molecular formula is C21H30N4O2. The number of ether oxygens (including phenoxy) is 1. The summed E-state index contributed by atoms with van der Waals surface area (Å²) in [7, 11) is 0. The number of unbranched alkanes of at least 4 members (excludes halogenated alkanes) is 1. The van der Waals surface area contributed by atoms with E-state index in [9.17, 15) is 4.79 Å². The fraction of sp³-hybridized carbons (Fsp3) is 0.524. The van der Waals surface area contributed by atoms with Crippen LogP contribution in [0.5, 0.6) is 0 Å². The van der Waals surface area contributed by atoms with Crippen LogP contribution in [0.3, 0.4) is 0 Å². The van der Waals surface area contributed by atoms with Gasteiger partial charge in [-0.15, -0.1) is 0 Å². The van der Waals surface area contributed by atoms with Crippen molar-refractivity contribution >= 4 is 5.91 Å². The van der Waals surface area contributed by atoms with Gasteiger partial charge in [-0.1, -0.05) is 12.1 Å². The number of morpholine rings is 1. The molecule has 1 aliphatic heterocycles. The minimum absolute atomic E-state index is 0.00316. The first kappa shape index (κ1) is 19.6. The number of hydrogen-bond acceptors (Lipinski definition) is 4. The number of aryl methyl sites for hydroxylation is 2. The van der Waals surface area contributed by atoms with Gasteiger partial charge in [0.1, 0.15) is 0 Å². The van der Waals surface area contributed by atoms with Crippen LogP contribution in [0, 0.1) is 13.8 Å². The second kappa shape index (κ2) is 9.67. The average molecular weight is 370 g/mol. The predicted molar refractivity (Wildman–Crippen MR) is 106 cm³/mol. The summed E-state index contributed by atoms with van der Waals surface area (Å²) in [4.78, 5) is 14.8. The van der Waals surface area contributed by atoms with Gasteiger partial charge in [-0.2, -0.15) is 5.10 Å². The topological polar surface area (TPSA) is 59.4 Å². The zero-order valence-electron chi connectivity index (χ0n) is 16.4. The van der Waals surface area contributed by atoms with Crippen molar-refractivity contribution in [3.8, 4) is 0 Å². The average Bonchev–Trinajstić information content (AvgIpc) is 2.99. The fourth-order valence-corrected chi connectivity index (χ4v) is 3.41. The largest absolute Gasteiger partial charge is 0.379 e. The van der Waals surface area contributed by atoms with E-state index in [2.05, 4.69) is 21.4 Å². The van der Waals surface area contributed by atoms with E-state index in [1.807, 2.05) is 42.8 Å². The highest BCUT2D eigenvalue weighted by Gasteiger charge is 2.10. The third-order valence-electron chi connectivity index (χ3n) is 4.92. The van der Waals surface area contributed by atoms with E-state index in [0.717, 1.165) is 62.6 Å². The molecule has 2 heterocycles. The van der Waals surface area contributed by atoms with Gasteiger partial charge in [0.25, 0.3) is 5.91 Å². The number of aromatic nitrogens is 2. The van der Waals surface area contributed by atoms with Crippen LogP contribution in [0.4, 0.5) is 0 Å². The maximum absolute atomic E-state index is 12.4. The second-order valence-electron chi connectivity index (χ2n) is 7.20. The van der Waals surface area contributed by atoms with Gasteiger partial charge < -0.3 is 10.1 Å². The monoisotopic (exact) mass is 370 g/mol. The molecule has 1 fully saturated rings. The van der Waals surface area contributed by atoms with Crippen molar-refractivity contribution in [3.05, 3.63) is 52.8 Å². The van der Waals surface area contributed by atoms with Gasteiger partial charge in [0.05, 0.1) is 25.5 Å². The number of carbonyl (C=O) groups excluding carboxylic acids is 1. The van der Waals surface area contributed by atoms with Crippen LogP contribution in [-0.4, -0.2) is 60.0 Å². The zero-order valence-corrected chi connectivity index (χ0v) is 16.4. The van der Waals surface area contributed by atoms with Crippen molar-refractivity contribution in [2.45, 2.75) is 33.2 Å². The van der Waals surface area contributed by atoms with Gasteiger partial charge in [0, 0.05) is 30.9 Å². The Morgan fingerprint density at radius 2 is 2.00 bits per heavy atom. The van der Waals surface area contributed by atoms with E-state index in [0.29, 0.717) is 18.7 Å². The molecule has 0 saturated carbocycles. The first-order chi connectivity index (χ1) is 13.1. The summed E-state index contributed by atoms with van der Waals surface area (Å²) in [5.41, 5.74) is 3.93. The summed E-state index contributed by atoms with van der Waals surface area (Å²) < 4.78 is 7.33. The van der Waals surface area contributed by atoms with Crippen molar-refractivity contribution in [2.75, 3.05) is 39.4 Å². The lowest BCUT2D eigenvalue weighted by Crippen LogP contribution is -2.37. The molecule has 1 aromatic carbocycles. The highest BCUT2D eigenvalue weighted by atomic mass is 16.5. The quantitative estimate of drug-likeness (QED) is 0.725. The summed E-state index contributed by atoms with van der Waals surface area (Å²) in [6, 6.07) is 9.87. The molecule has 1 N–H and O–H groups in total. The zero-order chi connectivity index (χ0) is 19.1. The summed E-state index contributed by atoms with van der Waals surface area (Å²) in [6.45, 7) is 10.2. The second-order valence-corrected chi connectivity index (χ2v) is 7.20. The van der Waals surface area contributed by atoms with Crippen molar-refractivity contribution in [2.24, 2.45) is 0 Å². The molecule has 1 aliphatic rings. The predicted octanol–water partition coefficient (Wildman–Crippen LogP) is 2.39. The van der Waals surface area contributed by atoms with E-state index >= 15 is 0 Å². The third-order valence-corrected chi connectivity index (χ3v) is 4.92. The Morgan fingerprint density at radius 1 is 1.19 bits per heavy atom. The maximum atomic E-state index is 12.4. The normalized spacial score (nSPS) is 15.0. The molecule has 0 atom stereocenters. The van der Waals surface area contributed by atoms with Crippen LogP contribution < -0.4 is 5.32 Å². The van der Waals surface area contributed by atoms with Gasteiger partial charge in [-0.05, 0) is 57.0 Å². The maximum Gasteiger partial charge on any atom is 0.251 e. The van der Waals surface area contributed by atoms with Gasteiger partial charge in [-0.3, -0.25) is 14.4 Å². The Balaban J connectivity index is 1.43. The molecule has 0 spiro atoms. The van der Waals surface area contributed by atoms with E-state index in [1.54, 1.807) is 0 Å². The lowest BCUT2D eigenvalue weighted by Gasteiger charge is -2.26. The van der Waals surface area contributed by atoms with Gasteiger partial charge in [-0.25, -0.2) is 0 Å². The number of rotatable bonds is 8. The molecule has 1 saturated heterocycles. The number of nitrogens with zero attached hydrogens (tertiary/aromatic N) is 3.